The summed E-state index contributed by atoms with van der Waals surface area (Å²) in [7, 11) is -4.47. The molecule has 0 aliphatic heterocycles. The van der Waals surface area contributed by atoms with E-state index in [4.69, 9.17) is 9.29 Å². The molecule has 0 fully saturated rings. The summed E-state index contributed by atoms with van der Waals surface area (Å²) < 4.78 is 37.4. The van der Waals surface area contributed by atoms with Gasteiger partial charge in [0.2, 0.25) is 0 Å². The summed E-state index contributed by atoms with van der Waals surface area (Å²) in [5.74, 6) is 0.465. The van der Waals surface area contributed by atoms with Crippen LogP contribution in [0.1, 0.15) is 83.1 Å². The maximum atomic E-state index is 11.2. The Morgan fingerprint density at radius 2 is 1.39 bits per heavy atom. The van der Waals surface area contributed by atoms with Crippen molar-refractivity contribution < 1.29 is 22.8 Å². The predicted molar refractivity (Wildman–Crippen MR) is 125 cm³/mol. The van der Waals surface area contributed by atoms with Crippen molar-refractivity contribution >= 4 is 10.1 Å². The van der Waals surface area contributed by atoms with E-state index in [1.165, 1.54) is 76.3 Å². The van der Waals surface area contributed by atoms with Gasteiger partial charge in [-0.1, -0.05) is 89.3 Å². The Morgan fingerprint density at radius 1 is 0.806 bits per heavy atom. The van der Waals surface area contributed by atoms with Crippen molar-refractivity contribution in [1.29, 1.82) is 0 Å². The molecule has 0 spiro atoms. The summed E-state index contributed by atoms with van der Waals surface area (Å²) in [6, 6.07) is 11.5. The lowest BCUT2D eigenvalue weighted by atomic mass is 10.0. The van der Waals surface area contributed by atoms with Gasteiger partial charge in [0.25, 0.3) is 10.1 Å². The first kappa shape index (κ1) is 25.2. The minimum absolute atomic E-state index is 0.316. The van der Waals surface area contributed by atoms with Crippen molar-refractivity contribution in [3.63, 3.8) is 0 Å². The van der Waals surface area contributed by atoms with Crippen LogP contribution in [0, 0.1) is 0 Å². The van der Waals surface area contributed by atoms with Gasteiger partial charge in [0.15, 0.2) is 0 Å². The van der Waals surface area contributed by atoms with Crippen LogP contribution < -0.4 is 4.74 Å². The van der Waals surface area contributed by atoms with Crippen molar-refractivity contribution in [1.82, 2.24) is 0 Å². The molecule has 2 rings (SSSR count). The molecule has 0 saturated carbocycles. The van der Waals surface area contributed by atoms with Crippen molar-refractivity contribution in [2.24, 2.45) is 0 Å². The van der Waals surface area contributed by atoms with Crippen molar-refractivity contribution in [2.45, 2.75) is 88.9 Å². The fourth-order valence-corrected chi connectivity index (χ4v) is 4.26. The minimum Gasteiger partial charge on any atom is -0.506 e. The third-order valence-electron chi connectivity index (χ3n) is 5.46. The first-order valence-corrected chi connectivity index (χ1v) is 12.9. The average molecular weight is 449 g/mol. The van der Waals surface area contributed by atoms with E-state index in [-0.39, 0.29) is 0 Å². The minimum atomic E-state index is -4.47. The maximum Gasteiger partial charge on any atom is 0.298 e. The Balaban J connectivity index is 1.76. The second-order valence-corrected chi connectivity index (χ2v) is 9.49. The number of para-hydroxylation sites is 1. The topological polar surface area (TPSA) is 83.8 Å². The number of hydrogen-bond acceptors (Lipinski definition) is 4. The summed E-state index contributed by atoms with van der Waals surface area (Å²) in [6.07, 6.45) is 15.2. The summed E-state index contributed by atoms with van der Waals surface area (Å²) >= 11 is 0. The number of ether oxygens (including phenoxy) is 1. The SMILES string of the molecule is CCCCCCCCCCCCCc1ccccc1Oc1ccc(S(=O)(=O)O)c(O)c1. The second kappa shape index (κ2) is 13.4. The van der Waals surface area contributed by atoms with Crippen LogP contribution in [0.4, 0.5) is 0 Å². The number of benzene rings is 2. The predicted octanol–water partition coefficient (Wildman–Crippen LogP) is 7.28. The van der Waals surface area contributed by atoms with Crippen LogP contribution in [0.3, 0.4) is 0 Å². The van der Waals surface area contributed by atoms with Crippen LogP contribution in [-0.4, -0.2) is 18.1 Å². The van der Waals surface area contributed by atoms with Gasteiger partial charge in [-0.3, -0.25) is 4.55 Å². The largest absolute Gasteiger partial charge is 0.506 e. The van der Waals surface area contributed by atoms with Gasteiger partial charge in [-0.2, -0.15) is 8.42 Å². The standard InChI is InChI=1S/C25H36O5S/c1-2-3-4-5-6-7-8-9-10-11-12-15-21-16-13-14-17-24(21)30-22-18-19-25(23(26)20-22)31(27,28)29/h13-14,16-20,26H,2-12,15H2,1H3,(H,27,28,29). The number of unbranched alkanes of at least 4 members (excludes halogenated alkanes) is 10. The number of phenols is 1. The normalized spacial score (nSPS) is 11.5. The summed E-state index contributed by atoms with van der Waals surface area (Å²) in [5.41, 5.74) is 1.08. The molecule has 6 heteroatoms. The highest BCUT2D eigenvalue weighted by Crippen LogP contribution is 2.32. The van der Waals surface area contributed by atoms with Crippen LogP contribution in [0.15, 0.2) is 47.4 Å². The molecule has 0 radical (unpaired) electrons. The van der Waals surface area contributed by atoms with Gasteiger partial charge in [-0.05, 0) is 36.6 Å². The zero-order valence-electron chi connectivity index (χ0n) is 18.6. The molecule has 2 aromatic rings. The van der Waals surface area contributed by atoms with Crippen LogP contribution in [-0.2, 0) is 16.5 Å². The van der Waals surface area contributed by atoms with E-state index in [2.05, 4.69) is 6.92 Å². The third-order valence-corrected chi connectivity index (χ3v) is 6.36. The van der Waals surface area contributed by atoms with Gasteiger partial charge >= 0.3 is 0 Å². The highest BCUT2D eigenvalue weighted by Gasteiger charge is 2.16. The second-order valence-electron chi connectivity index (χ2n) is 8.10. The van der Waals surface area contributed by atoms with E-state index in [9.17, 15) is 13.5 Å². The van der Waals surface area contributed by atoms with E-state index in [1.54, 1.807) is 0 Å². The Kier molecular flexibility index (Phi) is 10.9. The molecule has 0 aliphatic carbocycles. The third kappa shape index (κ3) is 9.32. The number of phenolic OH excluding ortho intramolecular Hbond substituents is 1. The van der Waals surface area contributed by atoms with Gasteiger partial charge in [-0.25, -0.2) is 0 Å². The molecule has 172 valence electrons. The zero-order chi connectivity index (χ0) is 22.5. The summed E-state index contributed by atoms with van der Waals surface area (Å²) in [6.45, 7) is 2.25. The monoisotopic (exact) mass is 448 g/mol. The Hall–Kier alpha value is -2.05. The average Bonchev–Trinajstić information content (AvgIpc) is 2.72. The molecule has 0 bridgehead atoms. The summed E-state index contributed by atoms with van der Waals surface area (Å²) in [5, 5.41) is 9.87. The number of aryl methyl sites for hydroxylation is 1. The fourth-order valence-electron chi connectivity index (χ4n) is 3.70. The van der Waals surface area contributed by atoms with E-state index in [0.717, 1.165) is 24.5 Å². The maximum absolute atomic E-state index is 11.2. The molecule has 2 aromatic carbocycles. The van der Waals surface area contributed by atoms with Gasteiger partial charge < -0.3 is 9.84 Å². The number of rotatable bonds is 15. The molecule has 0 aliphatic rings. The summed E-state index contributed by atoms with van der Waals surface area (Å²) in [4.78, 5) is -0.533. The lowest BCUT2D eigenvalue weighted by molar-refractivity contribution is 0.432. The Labute approximate surface area is 187 Å². The highest BCUT2D eigenvalue weighted by molar-refractivity contribution is 7.86. The van der Waals surface area contributed by atoms with Crippen molar-refractivity contribution in [2.75, 3.05) is 0 Å². The van der Waals surface area contributed by atoms with Crippen molar-refractivity contribution in [3.05, 3.63) is 48.0 Å². The first-order chi connectivity index (χ1) is 14.9. The van der Waals surface area contributed by atoms with E-state index in [0.29, 0.717) is 11.5 Å². The number of aromatic hydroxyl groups is 1. The van der Waals surface area contributed by atoms with Gasteiger partial charge in [-0.15, -0.1) is 0 Å². The van der Waals surface area contributed by atoms with Crippen LogP contribution in [0.25, 0.3) is 0 Å². The lowest BCUT2D eigenvalue weighted by Crippen LogP contribution is -1.99. The smallest absolute Gasteiger partial charge is 0.298 e. The van der Waals surface area contributed by atoms with Gasteiger partial charge in [0, 0.05) is 6.07 Å². The quantitative estimate of drug-likeness (QED) is 0.221. The molecule has 0 unspecified atom stereocenters. The first-order valence-electron chi connectivity index (χ1n) is 11.5. The molecular formula is C25H36O5S. The van der Waals surface area contributed by atoms with E-state index < -0.39 is 20.8 Å². The van der Waals surface area contributed by atoms with Crippen LogP contribution in [0.2, 0.25) is 0 Å². The lowest BCUT2D eigenvalue weighted by Gasteiger charge is -2.12. The molecule has 0 heterocycles. The molecule has 5 nitrogen and oxygen atoms in total. The molecule has 0 saturated heterocycles. The van der Waals surface area contributed by atoms with Crippen molar-refractivity contribution in [3.8, 4) is 17.2 Å². The Bertz CT molecular complexity index is 893. The Morgan fingerprint density at radius 3 is 1.97 bits per heavy atom. The fraction of sp³-hybridized carbons (Fsp3) is 0.520. The van der Waals surface area contributed by atoms with E-state index in [1.807, 2.05) is 24.3 Å². The molecule has 31 heavy (non-hydrogen) atoms. The molecule has 2 N–H and O–H groups in total. The number of hydrogen-bond donors (Lipinski definition) is 2. The molecule has 0 aromatic heterocycles. The molecule has 0 amide bonds. The van der Waals surface area contributed by atoms with Gasteiger partial charge in [0.05, 0.1) is 0 Å². The molecular weight excluding hydrogens is 412 g/mol. The van der Waals surface area contributed by atoms with E-state index >= 15 is 0 Å². The van der Waals surface area contributed by atoms with Crippen LogP contribution in [0.5, 0.6) is 17.2 Å². The van der Waals surface area contributed by atoms with Crippen LogP contribution >= 0.6 is 0 Å². The zero-order valence-corrected chi connectivity index (χ0v) is 19.4. The van der Waals surface area contributed by atoms with Gasteiger partial charge in [0.1, 0.15) is 22.1 Å². The highest BCUT2D eigenvalue weighted by atomic mass is 32.2. The molecule has 0 atom stereocenters.